The monoisotopic (exact) mass is 683 g/mol. The average Bonchev–Trinajstić information content (AvgIpc) is 3.77. The molecule has 0 saturated carbocycles. The molecule has 0 aromatic rings. The summed E-state index contributed by atoms with van der Waals surface area (Å²) in [4.78, 5) is 10.6. The fourth-order valence-electron chi connectivity index (χ4n) is 12.0. The van der Waals surface area contributed by atoms with Gasteiger partial charge in [0.2, 0.25) is 0 Å². The van der Waals surface area contributed by atoms with Gasteiger partial charge in [0.05, 0.1) is 12.2 Å². The maximum absolute atomic E-state index is 6.05. The van der Waals surface area contributed by atoms with Gasteiger partial charge >= 0.3 is 0 Å². The number of rotatable bonds is 0. The van der Waals surface area contributed by atoms with Crippen LogP contribution in [0, 0.1) is 50.7 Å². The molecule has 11 saturated heterocycles. The minimum absolute atomic E-state index is 0.420. The van der Waals surface area contributed by atoms with Gasteiger partial charge in [0.15, 0.2) is 0 Å². The molecule has 11 aliphatic heterocycles. The number of fused-ring (bicyclic) bond motifs is 7. The summed E-state index contributed by atoms with van der Waals surface area (Å²) in [5, 5.41) is 0. The van der Waals surface area contributed by atoms with Gasteiger partial charge in [0.25, 0.3) is 0 Å². The van der Waals surface area contributed by atoms with Crippen LogP contribution in [0.1, 0.15) is 141 Å². The summed E-state index contributed by atoms with van der Waals surface area (Å²) in [6, 6.07) is 1.70. The van der Waals surface area contributed by atoms with E-state index in [-0.39, 0.29) is 0 Å². The lowest BCUT2D eigenvalue weighted by Gasteiger charge is -2.55. The van der Waals surface area contributed by atoms with Crippen molar-refractivity contribution in [1.29, 1.82) is 0 Å². The van der Waals surface area contributed by atoms with Gasteiger partial charge in [-0.2, -0.15) is 0 Å². The van der Waals surface area contributed by atoms with E-state index in [1.165, 1.54) is 123 Å². The molecule has 49 heavy (non-hydrogen) atoms. The molecular formula is C44H82N4O. The second-order valence-electron chi connectivity index (χ2n) is 22.8. The van der Waals surface area contributed by atoms with Crippen molar-refractivity contribution in [2.75, 3.05) is 65.4 Å². The Balaban J connectivity index is 0.000000114. The molecule has 0 aliphatic carbocycles. The molecule has 6 bridgehead atoms. The molecule has 0 aromatic carbocycles. The molecule has 0 aromatic heterocycles. The normalized spacial score (nSPS) is 42.6. The Kier molecular flexibility index (Phi) is 11.2. The van der Waals surface area contributed by atoms with Crippen LogP contribution in [0.5, 0.6) is 0 Å². The van der Waals surface area contributed by atoms with Crippen molar-refractivity contribution < 1.29 is 4.74 Å². The Morgan fingerprint density at radius 2 is 1.14 bits per heavy atom. The first kappa shape index (κ1) is 38.5. The SMILES string of the molecule is CC(C)(C)C12CCN(CC1)CC2.CC(C)(C)C1C2CN3CCC(O2)C13.CC(C)(C)C1CC2CN(C2)C1.CC(C)(C)C1CCN2CCCC2C1. The van der Waals surface area contributed by atoms with E-state index in [9.17, 15) is 0 Å². The Morgan fingerprint density at radius 1 is 0.531 bits per heavy atom. The number of piperidine rings is 6. The minimum Gasteiger partial charge on any atom is -0.372 e. The Bertz CT molecular complexity index is 1040. The zero-order valence-corrected chi connectivity index (χ0v) is 34.8. The van der Waals surface area contributed by atoms with E-state index in [1.807, 2.05) is 0 Å². The van der Waals surface area contributed by atoms with Gasteiger partial charge in [0.1, 0.15) is 0 Å². The summed E-state index contributed by atoms with van der Waals surface area (Å²) in [5.41, 5.74) is 2.70. The highest BCUT2D eigenvalue weighted by molar-refractivity contribution is 5.11. The smallest absolute Gasteiger partial charge is 0.0755 e. The van der Waals surface area contributed by atoms with Crippen molar-refractivity contribution in [2.45, 2.75) is 165 Å². The largest absolute Gasteiger partial charge is 0.372 e. The van der Waals surface area contributed by atoms with Gasteiger partial charge in [0, 0.05) is 50.7 Å². The van der Waals surface area contributed by atoms with E-state index in [1.54, 1.807) is 0 Å². The first-order valence-electron chi connectivity index (χ1n) is 21.3. The first-order valence-corrected chi connectivity index (χ1v) is 21.3. The number of nitrogens with zero attached hydrogens (tertiary/aromatic N) is 4. The fraction of sp³-hybridized carbons (Fsp3) is 1.00. The Morgan fingerprint density at radius 3 is 1.59 bits per heavy atom. The lowest BCUT2D eigenvalue weighted by atomic mass is 9.58. The van der Waals surface area contributed by atoms with Gasteiger partial charge in [-0.3, -0.25) is 4.90 Å². The molecule has 284 valence electrons. The highest BCUT2D eigenvalue weighted by Gasteiger charge is 2.59. The molecule has 5 heteroatoms. The van der Waals surface area contributed by atoms with Crippen LogP contribution in [0.2, 0.25) is 0 Å². The van der Waals surface area contributed by atoms with E-state index in [4.69, 9.17) is 4.74 Å². The third kappa shape index (κ3) is 8.47. The number of hydrogen-bond acceptors (Lipinski definition) is 5. The van der Waals surface area contributed by atoms with Gasteiger partial charge in [-0.15, -0.1) is 0 Å². The second-order valence-corrected chi connectivity index (χ2v) is 22.8. The van der Waals surface area contributed by atoms with E-state index in [2.05, 4.69) is 103 Å². The third-order valence-electron chi connectivity index (χ3n) is 15.7. The van der Waals surface area contributed by atoms with Crippen molar-refractivity contribution in [3.05, 3.63) is 0 Å². The topological polar surface area (TPSA) is 22.2 Å². The van der Waals surface area contributed by atoms with Crippen LogP contribution in [0.4, 0.5) is 0 Å². The average molecular weight is 683 g/mol. The lowest BCUT2D eigenvalue weighted by Crippen LogP contribution is -2.56. The van der Waals surface area contributed by atoms with Crippen LogP contribution in [0.15, 0.2) is 0 Å². The lowest BCUT2D eigenvalue weighted by molar-refractivity contribution is -0.0524. The second kappa shape index (κ2) is 14.2. The molecule has 5 nitrogen and oxygen atoms in total. The highest BCUT2D eigenvalue weighted by Crippen LogP contribution is 2.53. The summed E-state index contributed by atoms with van der Waals surface area (Å²) in [5.74, 6) is 3.75. The molecule has 0 amide bonds. The maximum Gasteiger partial charge on any atom is 0.0755 e. The zero-order valence-electron chi connectivity index (χ0n) is 34.8. The molecule has 7 unspecified atom stereocenters. The molecule has 0 radical (unpaired) electrons. The van der Waals surface area contributed by atoms with Crippen molar-refractivity contribution in [2.24, 2.45) is 50.7 Å². The van der Waals surface area contributed by atoms with Crippen molar-refractivity contribution in [1.82, 2.24) is 19.6 Å². The quantitative estimate of drug-likeness (QED) is 0.254. The number of ether oxygens (including phenoxy) is 1. The molecular weight excluding hydrogens is 601 g/mol. The first-order chi connectivity index (χ1) is 22.7. The molecule has 11 aliphatic rings. The highest BCUT2D eigenvalue weighted by atomic mass is 16.5. The summed E-state index contributed by atoms with van der Waals surface area (Å²) in [7, 11) is 0. The van der Waals surface area contributed by atoms with Crippen LogP contribution in [-0.4, -0.2) is 109 Å². The van der Waals surface area contributed by atoms with Crippen LogP contribution in [0.3, 0.4) is 0 Å². The van der Waals surface area contributed by atoms with Gasteiger partial charge in [-0.1, -0.05) is 83.1 Å². The van der Waals surface area contributed by atoms with Crippen LogP contribution >= 0.6 is 0 Å². The van der Waals surface area contributed by atoms with Crippen molar-refractivity contribution >= 4 is 0 Å². The van der Waals surface area contributed by atoms with Crippen molar-refractivity contribution in [3.63, 3.8) is 0 Å². The zero-order chi connectivity index (χ0) is 35.6. The van der Waals surface area contributed by atoms with Crippen LogP contribution in [0.25, 0.3) is 0 Å². The molecule has 11 fully saturated rings. The molecule has 0 spiro atoms. The van der Waals surface area contributed by atoms with Crippen LogP contribution in [-0.2, 0) is 4.74 Å². The summed E-state index contributed by atoms with van der Waals surface area (Å²) >= 11 is 0. The third-order valence-corrected chi connectivity index (χ3v) is 15.7. The number of morpholine rings is 1. The summed E-state index contributed by atoms with van der Waals surface area (Å²) in [6.45, 7) is 42.1. The van der Waals surface area contributed by atoms with E-state index in [0.29, 0.717) is 39.3 Å². The number of hydrogen-bond donors (Lipinski definition) is 0. The van der Waals surface area contributed by atoms with Crippen molar-refractivity contribution in [3.8, 4) is 0 Å². The fourth-order valence-corrected chi connectivity index (χ4v) is 12.0. The van der Waals surface area contributed by atoms with Gasteiger partial charge < -0.3 is 19.4 Å². The van der Waals surface area contributed by atoms with Gasteiger partial charge in [-0.05, 0) is 135 Å². The molecule has 7 atom stereocenters. The molecule has 11 heterocycles. The standard InChI is InChI=1S/C12H23N.C11H19NO.C11H21N.C10H19N/c1-12(2,3)10-6-8-13-7-4-5-11(13)9-10;1-11(2,3)9-8-6-12-5-4-7(13-8)10(9)12;1-10(2,3)11-4-7-12(8-5-11)9-6-11;1-10(2,3)9-4-8-5-11(6-8)7-9/h10-11H,4-9H2,1-3H3;7-10H,4-6H2,1-3H3;4-9H2,1-3H3;8-9H,4-7H2,1-3H3. The Hall–Kier alpha value is -0.200. The maximum atomic E-state index is 6.05. The van der Waals surface area contributed by atoms with Crippen LogP contribution < -0.4 is 0 Å². The predicted octanol–water partition coefficient (Wildman–Crippen LogP) is 8.91. The van der Waals surface area contributed by atoms with Gasteiger partial charge in [-0.25, -0.2) is 0 Å². The predicted molar refractivity (Wildman–Crippen MR) is 208 cm³/mol. The Labute approximate surface area is 305 Å². The minimum atomic E-state index is 0.420. The van der Waals surface area contributed by atoms with E-state index in [0.717, 1.165) is 35.8 Å². The molecule has 11 rings (SSSR count). The summed E-state index contributed by atoms with van der Waals surface area (Å²) in [6.07, 6.45) is 14.0. The van der Waals surface area contributed by atoms with E-state index >= 15 is 0 Å². The molecule has 0 N–H and O–H groups in total. The van der Waals surface area contributed by atoms with E-state index < -0.39 is 0 Å². The summed E-state index contributed by atoms with van der Waals surface area (Å²) < 4.78 is 6.05.